The molecule has 0 unspecified atom stereocenters. The minimum atomic E-state index is 0.0263. The van der Waals surface area contributed by atoms with Gasteiger partial charge >= 0.3 is 0 Å². The predicted octanol–water partition coefficient (Wildman–Crippen LogP) is 2.93. The van der Waals surface area contributed by atoms with Crippen molar-refractivity contribution < 1.29 is 4.79 Å². The smallest absolute Gasteiger partial charge is 0.185 e. The second kappa shape index (κ2) is 3.79. The van der Waals surface area contributed by atoms with Crippen molar-refractivity contribution in [1.82, 2.24) is 0 Å². The number of allylic oxidation sites excluding steroid dienone is 1. The average molecular weight is 186 g/mol. The molecule has 0 amide bonds. The molecule has 2 rings (SSSR count). The van der Waals surface area contributed by atoms with Crippen LogP contribution in [0.25, 0.3) is 0 Å². The van der Waals surface area contributed by atoms with E-state index in [1.807, 2.05) is 12.1 Å². The molecule has 0 fully saturated rings. The van der Waals surface area contributed by atoms with Gasteiger partial charge in [0.15, 0.2) is 5.78 Å². The summed E-state index contributed by atoms with van der Waals surface area (Å²) < 4.78 is 0. The minimum Gasteiger partial charge on any atom is -0.289 e. The van der Waals surface area contributed by atoms with Gasteiger partial charge in [-0.1, -0.05) is 18.7 Å². The molecular formula is C13H14O. The van der Waals surface area contributed by atoms with Gasteiger partial charge in [-0.25, -0.2) is 0 Å². The first-order chi connectivity index (χ1) is 6.81. The lowest BCUT2D eigenvalue weighted by molar-refractivity contribution is 0.104. The molecule has 0 saturated carbocycles. The van der Waals surface area contributed by atoms with Crippen molar-refractivity contribution in [3.05, 3.63) is 47.5 Å². The van der Waals surface area contributed by atoms with Crippen LogP contribution in [-0.4, -0.2) is 5.78 Å². The van der Waals surface area contributed by atoms with Crippen LogP contribution in [0.15, 0.2) is 30.9 Å². The quantitative estimate of drug-likeness (QED) is 0.512. The number of rotatable bonds is 2. The summed E-state index contributed by atoms with van der Waals surface area (Å²) in [4.78, 5) is 11.4. The van der Waals surface area contributed by atoms with Gasteiger partial charge in [0.1, 0.15) is 0 Å². The molecule has 0 radical (unpaired) electrons. The van der Waals surface area contributed by atoms with Crippen molar-refractivity contribution >= 4 is 5.78 Å². The molecule has 0 bridgehead atoms. The Labute approximate surface area is 84.5 Å². The summed E-state index contributed by atoms with van der Waals surface area (Å²) >= 11 is 0. The van der Waals surface area contributed by atoms with Crippen LogP contribution in [-0.2, 0) is 12.8 Å². The molecule has 1 aliphatic carbocycles. The molecule has 0 aliphatic heterocycles. The fourth-order valence-electron chi connectivity index (χ4n) is 2.00. The van der Waals surface area contributed by atoms with Gasteiger partial charge in [-0.05, 0) is 49.0 Å². The van der Waals surface area contributed by atoms with E-state index in [4.69, 9.17) is 0 Å². The van der Waals surface area contributed by atoms with Gasteiger partial charge in [-0.15, -0.1) is 0 Å². The first kappa shape index (κ1) is 9.20. The van der Waals surface area contributed by atoms with Crippen LogP contribution in [0.4, 0.5) is 0 Å². The van der Waals surface area contributed by atoms with Crippen molar-refractivity contribution in [2.24, 2.45) is 0 Å². The number of hydrogen-bond donors (Lipinski definition) is 0. The third-order valence-corrected chi connectivity index (χ3v) is 2.82. The van der Waals surface area contributed by atoms with E-state index in [9.17, 15) is 4.79 Å². The summed E-state index contributed by atoms with van der Waals surface area (Å²) in [7, 11) is 0. The largest absolute Gasteiger partial charge is 0.289 e. The second-order valence-corrected chi connectivity index (χ2v) is 3.76. The summed E-state index contributed by atoms with van der Waals surface area (Å²) in [6.45, 7) is 3.50. The van der Waals surface area contributed by atoms with E-state index in [2.05, 4.69) is 12.6 Å². The van der Waals surface area contributed by atoms with Crippen molar-refractivity contribution in [2.75, 3.05) is 0 Å². The normalized spacial score (nSPS) is 14.6. The Morgan fingerprint density at radius 1 is 1.21 bits per heavy atom. The Morgan fingerprint density at radius 2 is 1.93 bits per heavy atom. The molecule has 72 valence electrons. The Balaban J connectivity index is 2.38. The Morgan fingerprint density at radius 3 is 2.64 bits per heavy atom. The highest BCUT2D eigenvalue weighted by molar-refractivity contribution is 6.04. The van der Waals surface area contributed by atoms with E-state index in [0.29, 0.717) is 0 Å². The summed E-state index contributed by atoms with van der Waals surface area (Å²) in [6.07, 6.45) is 6.19. The number of hydrogen-bond acceptors (Lipinski definition) is 1. The van der Waals surface area contributed by atoms with Gasteiger partial charge < -0.3 is 0 Å². The van der Waals surface area contributed by atoms with Crippen molar-refractivity contribution in [3.8, 4) is 0 Å². The van der Waals surface area contributed by atoms with E-state index in [0.717, 1.165) is 18.4 Å². The number of carbonyl (C=O) groups is 1. The highest BCUT2D eigenvalue weighted by atomic mass is 16.1. The van der Waals surface area contributed by atoms with Crippen molar-refractivity contribution in [1.29, 1.82) is 0 Å². The standard InChI is InChI=1S/C13H14O/c1-2-13(14)12-8-7-10-5-3-4-6-11(10)9-12/h2,7-9H,1,3-6H2. The maximum absolute atomic E-state index is 11.4. The third-order valence-electron chi connectivity index (χ3n) is 2.82. The first-order valence-electron chi connectivity index (χ1n) is 5.10. The van der Waals surface area contributed by atoms with E-state index >= 15 is 0 Å². The van der Waals surface area contributed by atoms with Gasteiger partial charge in [0.05, 0.1) is 0 Å². The van der Waals surface area contributed by atoms with Crippen LogP contribution in [0, 0.1) is 0 Å². The fourth-order valence-corrected chi connectivity index (χ4v) is 2.00. The number of benzene rings is 1. The zero-order valence-corrected chi connectivity index (χ0v) is 8.25. The predicted molar refractivity (Wildman–Crippen MR) is 57.6 cm³/mol. The zero-order valence-electron chi connectivity index (χ0n) is 8.25. The number of aryl methyl sites for hydroxylation is 2. The second-order valence-electron chi connectivity index (χ2n) is 3.76. The molecule has 1 aromatic rings. The summed E-state index contributed by atoms with van der Waals surface area (Å²) in [6, 6.07) is 6.03. The van der Waals surface area contributed by atoms with E-state index in [1.165, 1.54) is 30.0 Å². The van der Waals surface area contributed by atoms with Crippen LogP contribution >= 0.6 is 0 Å². The van der Waals surface area contributed by atoms with Gasteiger partial charge in [0.25, 0.3) is 0 Å². The third kappa shape index (κ3) is 1.63. The van der Waals surface area contributed by atoms with E-state index < -0.39 is 0 Å². The molecule has 0 atom stereocenters. The molecular weight excluding hydrogens is 172 g/mol. The molecule has 0 N–H and O–H groups in total. The molecule has 0 aromatic heterocycles. The zero-order chi connectivity index (χ0) is 9.97. The van der Waals surface area contributed by atoms with Crippen LogP contribution < -0.4 is 0 Å². The van der Waals surface area contributed by atoms with Crippen molar-refractivity contribution in [3.63, 3.8) is 0 Å². The number of fused-ring (bicyclic) bond motifs is 1. The lowest BCUT2D eigenvalue weighted by Gasteiger charge is -2.15. The Hall–Kier alpha value is -1.37. The van der Waals surface area contributed by atoms with E-state index in [1.54, 1.807) is 0 Å². The highest BCUT2D eigenvalue weighted by Gasteiger charge is 2.10. The summed E-state index contributed by atoms with van der Waals surface area (Å²) in [5.74, 6) is 0.0263. The van der Waals surface area contributed by atoms with Crippen LogP contribution in [0.1, 0.15) is 34.3 Å². The number of ketones is 1. The lowest BCUT2D eigenvalue weighted by Crippen LogP contribution is -2.04. The minimum absolute atomic E-state index is 0.0263. The molecule has 0 saturated heterocycles. The van der Waals surface area contributed by atoms with Crippen LogP contribution in [0.5, 0.6) is 0 Å². The van der Waals surface area contributed by atoms with Crippen molar-refractivity contribution in [2.45, 2.75) is 25.7 Å². The summed E-state index contributed by atoms with van der Waals surface area (Å²) in [5.41, 5.74) is 3.54. The highest BCUT2D eigenvalue weighted by Crippen LogP contribution is 2.22. The molecule has 1 heteroatoms. The maximum Gasteiger partial charge on any atom is 0.185 e. The molecule has 0 heterocycles. The fraction of sp³-hybridized carbons (Fsp3) is 0.308. The van der Waals surface area contributed by atoms with Gasteiger partial charge in [-0.2, -0.15) is 0 Å². The summed E-state index contributed by atoms with van der Waals surface area (Å²) in [5, 5.41) is 0. The Bertz CT molecular complexity index is 377. The molecule has 1 aromatic carbocycles. The molecule has 1 aliphatic rings. The lowest BCUT2D eigenvalue weighted by atomic mass is 9.90. The maximum atomic E-state index is 11.4. The average Bonchev–Trinajstić information content (AvgIpc) is 2.27. The van der Waals surface area contributed by atoms with Crippen LogP contribution in [0.2, 0.25) is 0 Å². The van der Waals surface area contributed by atoms with E-state index in [-0.39, 0.29) is 5.78 Å². The monoisotopic (exact) mass is 186 g/mol. The Kier molecular flexibility index (Phi) is 2.49. The number of carbonyl (C=O) groups excluding carboxylic acids is 1. The molecule has 14 heavy (non-hydrogen) atoms. The van der Waals surface area contributed by atoms with Crippen LogP contribution in [0.3, 0.4) is 0 Å². The van der Waals surface area contributed by atoms with Gasteiger partial charge in [0, 0.05) is 5.56 Å². The molecule has 0 spiro atoms. The van der Waals surface area contributed by atoms with Gasteiger partial charge in [-0.3, -0.25) is 4.79 Å². The topological polar surface area (TPSA) is 17.1 Å². The first-order valence-corrected chi connectivity index (χ1v) is 5.10. The SMILES string of the molecule is C=CC(=O)c1ccc2c(c1)CCCC2. The van der Waals surface area contributed by atoms with Gasteiger partial charge in [0.2, 0.25) is 0 Å². The molecule has 1 nitrogen and oxygen atoms in total.